The van der Waals surface area contributed by atoms with E-state index in [4.69, 9.17) is 5.11 Å². The third-order valence-electron chi connectivity index (χ3n) is 2.26. The van der Waals surface area contributed by atoms with E-state index >= 15 is 0 Å². The Labute approximate surface area is 88.6 Å². The fourth-order valence-corrected chi connectivity index (χ4v) is 1.44. The van der Waals surface area contributed by atoms with Gasteiger partial charge in [0.15, 0.2) is 0 Å². The number of aliphatic carboxylic acids is 1. The maximum Gasteiger partial charge on any atom is 0.310 e. The molecule has 0 fully saturated rings. The molecule has 0 radical (unpaired) electrons. The Morgan fingerprint density at radius 3 is 2.47 bits per heavy atom. The van der Waals surface area contributed by atoms with Crippen molar-refractivity contribution in [3.63, 3.8) is 0 Å². The first kappa shape index (κ1) is 11.7. The highest BCUT2D eigenvalue weighted by atomic mass is 16.4. The molecule has 2 atom stereocenters. The van der Waals surface area contributed by atoms with Crippen LogP contribution >= 0.6 is 0 Å². The Balaban J connectivity index is 2.81. The van der Waals surface area contributed by atoms with Crippen LogP contribution in [-0.2, 0) is 4.79 Å². The summed E-state index contributed by atoms with van der Waals surface area (Å²) in [7, 11) is 1.66. The highest BCUT2D eigenvalue weighted by Gasteiger charge is 2.26. The monoisotopic (exact) mass is 209 g/mol. The minimum Gasteiger partial charge on any atom is -0.481 e. The van der Waals surface area contributed by atoms with Crippen LogP contribution < -0.4 is 5.32 Å². The highest BCUT2D eigenvalue weighted by molar-refractivity contribution is 5.71. The Bertz CT molecular complexity index is 313. The van der Waals surface area contributed by atoms with Crippen LogP contribution in [-0.4, -0.2) is 29.8 Å². The number of benzene rings is 1. The Morgan fingerprint density at radius 1 is 1.40 bits per heavy atom. The van der Waals surface area contributed by atoms with Gasteiger partial charge >= 0.3 is 5.97 Å². The molecule has 4 nitrogen and oxygen atoms in total. The zero-order chi connectivity index (χ0) is 11.3. The van der Waals surface area contributed by atoms with Crippen LogP contribution in [0.3, 0.4) is 0 Å². The molecule has 3 N–H and O–H groups in total. The molecule has 0 aliphatic rings. The molecule has 0 heterocycles. The molecule has 0 saturated carbocycles. The second kappa shape index (κ2) is 5.48. The number of carboxylic acid groups (broad SMARTS) is 1. The summed E-state index contributed by atoms with van der Waals surface area (Å²) in [6.45, 7) is 0.241. The molecule has 0 saturated heterocycles. The number of rotatable bonds is 5. The molecule has 4 heteroatoms. The summed E-state index contributed by atoms with van der Waals surface area (Å²) >= 11 is 0. The zero-order valence-corrected chi connectivity index (χ0v) is 8.55. The van der Waals surface area contributed by atoms with E-state index in [-0.39, 0.29) is 6.54 Å². The molecule has 0 aromatic heterocycles. The molecule has 0 bridgehead atoms. The molecular formula is C11H15NO3. The van der Waals surface area contributed by atoms with Gasteiger partial charge in [-0.1, -0.05) is 30.3 Å². The number of aliphatic hydroxyl groups excluding tert-OH is 1. The van der Waals surface area contributed by atoms with E-state index in [0.717, 1.165) is 0 Å². The van der Waals surface area contributed by atoms with Crippen LogP contribution in [0.4, 0.5) is 0 Å². The topological polar surface area (TPSA) is 69.6 Å². The van der Waals surface area contributed by atoms with Gasteiger partial charge in [0.1, 0.15) is 0 Å². The lowest BCUT2D eigenvalue weighted by Gasteiger charge is -2.18. The van der Waals surface area contributed by atoms with E-state index in [0.29, 0.717) is 5.56 Å². The summed E-state index contributed by atoms with van der Waals surface area (Å²) in [5.41, 5.74) is 0.625. The van der Waals surface area contributed by atoms with Crippen molar-refractivity contribution in [3.05, 3.63) is 35.9 Å². The van der Waals surface area contributed by atoms with E-state index in [2.05, 4.69) is 5.32 Å². The van der Waals surface area contributed by atoms with Gasteiger partial charge in [0.2, 0.25) is 0 Å². The number of carboxylic acids is 1. The summed E-state index contributed by atoms with van der Waals surface area (Å²) in [5, 5.41) is 21.6. The summed E-state index contributed by atoms with van der Waals surface area (Å²) < 4.78 is 0. The second-order valence-corrected chi connectivity index (χ2v) is 3.36. The van der Waals surface area contributed by atoms with Crippen molar-refractivity contribution in [2.24, 2.45) is 5.92 Å². The predicted octanol–water partition coefficient (Wildman–Crippen LogP) is 0.640. The van der Waals surface area contributed by atoms with Crippen molar-refractivity contribution in [2.45, 2.75) is 6.10 Å². The molecule has 1 aromatic carbocycles. The summed E-state index contributed by atoms with van der Waals surface area (Å²) in [5.74, 6) is -1.82. The highest BCUT2D eigenvalue weighted by Crippen LogP contribution is 2.21. The van der Waals surface area contributed by atoms with Gasteiger partial charge in [0, 0.05) is 6.54 Å². The van der Waals surface area contributed by atoms with Crippen molar-refractivity contribution in [2.75, 3.05) is 13.6 Å². The smallest absolute Gasteiger partial charge is 0.310 e. The lowest BCUT2D eigenvalue weighted by Crippen LogP contribution is -2.31. The molecular weight excluding hydrogens is 194 g/mol. The van der Waals surface area contributed by atoms with Crippen LogP contribution in [0.25, 0.3) is 0 Å². The maximum atomic E-state index is 10.9. The largest absolute Gasteiger partial charge is 0.481 e. The van der Waals surface area contributed by atoms with Crippen molar-refractivity contribution >= 4 is 5.97 Å². The number of aliphatic hydroxyl groups is 1. The van der Waals surface area contributed by atoms with Crippen LogP contribution in [0.15, 0.2) is 30.3 Å². The number of nitrogens with one attached hydrogen (secondary N) is 1. The van der Waals surface area contributed by atoms with Gasteiger partial charge in [-0.2, -0.15) is 0 Å². The van der Waals surface area contributed by atoms with Crippen LogP contribution in [0.5, 0.6) is 0 Å². The summed E-state index contributed by atoms with van der Waals surface area (Å²) in [4.78, 5) is 10.9. The van der Waals surface area contributed by atoms with Crippen LogP contribution in [0.2, 0.25) is 0 Å². The third kappa shape index (κ3) is 3.04. The van der Waals surface area contributed by atoms with Gasteiger partial charge in [0.25, 0.3) is 0 Å². The van der Waals surface area contributed by atoms with E-state index in [1.165, 1.54) is 0 Å². The quantitative estimate of drug-likeness (QED) is 0.665. The molecule has 1 rings (SSSR count). The predicted molar refractivity (Wildman–Crippen MR) is 56.5 cm³/mol. The summed E-state index contributed by atoms with van der Waals surface area (Å²) in [6.07, 6.45) is -0.976. The first-order valence-corrected chi connectivity index (χ1v) is 4.77. The van der Waals surface area contributed by atoms with E-state index in [9.17, 15) is 9.90 Å². The average molecular weight is 209 g/mol. The fourth-order valence-electron chi connectivity index (χ4n) is 1.44. The van der Waals surface area contributed by atoms with E-state index in [1.54, 1.807) is 31.3 Å². The molecule has 82 valence electrons. The van der Waals surface area contributed by atoms with Crippen LogP contribution in [0.1, 0.15) is 11.7 Å². The SMILES string of the molecule is CNCC(C(=O)O)C(O)c1ccccc1. The zero-order valence-electron chi connectivity index (χ0n) is 8.55. The fraction of sp³-hybridized carbons (Fsp3) is 0.364. The van der Waals surface area contributed by atoms with Gasteiger partial charge in [-0.15, -0.1) is 0 Å². The Morgan fingerprint density at radius 2 is 2.00 bits per heavy atom. The second-order valence-electron chi connectivity index (χ2n) is 3.36. The normalized spacial score (nSPS) is 14.5. The third-order valence-corrected chi connectivity index (χ3v) is 2.26. The molecule has 15 heavy (non-hydrogen) atoms. The van der Waals surface area contributed by atoms with E-state index < -0.39 is 18.0 Å². The minimum absolute atomic E-state index is 0.241. The molecule has 0 amide bonds. The Kier molecular flexibility index (Phi) is 4.27. The molecule has 1 aromatic rings. The van der Waals surface area contributed by atoms with Crippen LogP contribution in [0, 0.1) is 5.92 Å². The number of hydrogen-bond acceptors (Lipinski definition) is 3. The minimum atomic E-state index is -0.999. The number of carbonyl (C=O) groups is 1. The van der Waals surface area contributed by atoms with Crippen molar-refractivity contribution in [1.82, 2.24) is 5.32 Å². The maximum absolute atomic E-state index is 10.9. The first-order chi connectivity index (χ1) is 7.16. The van der Waals surface area contributed by atoms with Gasteiger partial charge in [-0.25, -0.2) is 0 Å². The van der Waals surface area contributed by atoms with Crippen molar-refractivity contribution in [3.8, 4) is 0 Å². The van der Waals surface area contributed by atoms with Gasteiger partial charge in [0.05, 0.1) is 12.0 Å². The Hall–Kier alpha value is -1.39. The number of hydrogen-bond donors (Lipinski definition) is 3. The lowest BCUT2D eigenvalue weighted by molar-refractivity contribution is -0.145. The lowest BCUT2D eigenvalue weighted by atomic mass is 9.96. The molecule has 0 spiro atoms. The van der Waals surface area contributed by atoms with E-state index in [1.807, 2.05) is 6.07 Å². The molecule has 0 aliphatic carbocycles. The van der Waals surface area contributed by atoms with Gasteiger partial charge < -0.3 is 15.5 Å². The van der Waals surface area contributed by atoms with Crippen molar-refractivity contribution < 1.29 is 15.0 Å². The first-order valence-electron chi connectivity index (χ1n) is 4.77. The summed E-state index contributed by atoms with van der Waals surface area (Å²) in [6, 6.07) is 8.81. The average Bonchev–Trinajstić information content (AvgIpc) is 2.26. The van der Waals surface area contributed by atoms with Crippen molar-refractivity contribution in [1.29, 1.82) is 0 Å². The molecule has 0 aliphatic heterocycles. The standard InChI is InChI=1S/C11H15NO3/c1-12-7-9(11(14)15)10(13)8-5-3-2-4-6-8/h2-6,9-10,12-13H,7H2,1H3,(H,14,15). The molecule has 2 unspecified atom stereocenters. The van der Waals surface area contributed by atoms with Gasteiger partial charge in [-0.3, -0.25) is 4.79 Å². The van der Waals surface area contributed by atoms with Gasteiger partial charge in [-0.05, 0) is 12.6 Å².